The van der Waals surface area contributed by atoms with Crippen molar-refractivity contribution in [1.82, 2.24) is 0 Å². The number of allylic oxidation sites excluding steroid dienone is 2. The molecule has 0 saturated heterocycles. The third-order valence-electron chi connectivity index (χ3n) is 9.32. The van der Waals surface area contributed by atoms with Gasteiger partial charge in [-0.2, -0.15) is 0 Å². The van der Waals surface area contributed by atoms with Gasteiger partial charge in [0.05, 0.1) is 0 Å². The van der Waals surface area contributed by atoms with Crippen LogP contribution in [0.25, 0.3) is 22.9 Å². The Labute approximate surface area is 225 Å². The Morgan fingerprint density at radius 1 is 0.605 bits per heavy atom. The van der Waals surface area contributed by atoms with E-state index in [1.54, 1.807) is 0 Å². The highest BCUT2D eigenvalue weighted by molar-refractivity contribution is 5.89. The van der Waals surface area contributed by atoms with E-state index in [0.29, 0.717) is 11.8 Å². The molecule has 5 aromatic carbocycles. The van der Waals surface area contributed by atoms with E-state index in [4.69, 9.17) is 0 Å². The highest BCUT2D eigenvalue weighted by atomic mass is 14.4. The Kier molecular flexibility index (Phi) is 4.56. The van der Waals surface area contributed by atoms with Gasteiger partial charge in [0.15, 0.2) is 0 Å². The summed E-state index contributed by atoms with van der Waals surface area (Å²) < 4.78 is 0. The van der Waals surface area contributed by atoms with Gasteiger partial charge in [0.2, 0.25) is 0 Å². The van der Waals surface area contributed by atoms with Crippen LogP contribution in [0.3, 0.4) is 0 Å². The zero-order valence-corrected chi connectivity index (χ0v) is 21.9. The van der Waals surface area contributed by atoms with Crippen LogP contribution in [-0.2, 0) is 11.8 Å². The molecule has 8 rings (SSSR count). The van der Waals surface area contributed by atoms with Crippen LogP contribution in [0.5, 0.6) is 0 Å². The van der Waals surface area contributed by atoms with Gasteiger partial charge in [0, 0.05) is 17.3 Å². The highest BCUT2D eigenvalue weighted by Crippen LogP contribution is 2.46. The fraction of sp³-hybridized carbons (Fsp3) is 0.158. The minimum atomic E-state index is -0.0409. The number of benzene rings is 5. The van der Waals surface area contributed by atoms with Crippen molar-refractivity contribution in [2.24, 2.45) is 0 Å². The molecule has 0 saturated carbocycles. The predicted octanol–water partition coefficient (Wildman–Crippen LogP) is 9.39. The fourth-order valence-electron chi connectivity index (χ4n) is 7.32. The molecule has 0 nitrogen and oxygen atoms in total. The van der Waals surface area contributed by atoms with Gasteiger partial charge >= 0.3 is 0 Å². The standard InChI is InChI=1S/C38H30/c1-38(2)36-20-16-27-21-26(32-17-13-24-7-3-5-9-30(24)32)15-19-34(27)35(36)22-29-12-11-28(23-37(29)38)33-18-14-25-8-4-6-10-31(25)33/h3-21,23,32-33H,22H2,1-2H3. The van der Waals surface area contributed by atoms with Gasteiger partial charge in [-0.15, -0.1) is 0 Å². The van der Waals surface area contributed by atoms with Crippen LogP contribution in [-0.4, -0.2) is 0 Å². The maximum atomic E-state index is 2.49. The largest absolute Gasteiger partial charge is 0.0720 e. The van der Waals surface area contributed by atoms with Crippen molar-refractivity contribution in [2.45, 2.75) is 37.5 Å². The zero-order chi connectivity index (χ0) is 25.4. The second kappa shape index (κ2) is 7.92. The van der Waals surface area contributed by atoms with Gasteiger partial charge in [0.25, 0.3) is 0 Å². The van der Waals surface area contributed by atoms with Crippen LogP contribution in [0, 0.1) is 0 Å². The fourth-order valence-corrected chi connectivity index (χ4v) is 7.32. The van der Waals surface area contributed by atoms with E-state index in [1.807, 2.05) is 0 Å². The van der Waals surface area contributed by atoms with Crippen molar-refractivity contribution < 1.29 is 0 Å². The molecule has 0 fully saturated rings. The second-order valence-corrected chi connectivity index (χ2v) is 11.7. The number of hydrogen-bond acceptors (Lipinski definition) is 0. The summed E-state index contributed by atoms with van der Waals surface area (Å²) in [6.45, 7) is 4.82. The normalized spacial score (nSPS) is 19.7. The molecule has 5 aromatic rings. The van der Waals surface area contributed by atoms with Gasteiger partial charge < -0.3 is 0 Å². The Hall–Kier alpha value is -4.16. The molecule has 0 heterocycles. The lowest BCUT2D eigenvalue weighted by molar-refractivity contribution is 0.611. The summed E-state index contributed by atoms with van der Waals surface area (Å²) in [7, 11) is 0. The summed E-state index contributed by atoms with van der Waals surface area (Å²) in [5.41, 5.74) is 14.2. The molecule has 0 bridgehead atoms. The number of rotatable bonds is 2. The Bertz CT molecular complexity index is 1830. The molecule has 2 atom stereocenters. The summed E-state index contributed by atoms with van der Waals surface area (Å²) in [4.78, 5) is 0. The van der Waals surface area contributed by atoms with Crippen molar-refractivity contribution in [3.05, 3.63) is 165 Å². The molecule has 0 spiro atoms. The monoisotopic (exact) mass is 486 g/mol. The van der Waals surface area contributed by atoms with E-state index in [9.17, 15) is 0 Å². The lowest BCUT2D eigenvalue weighted by Gasteiger charge is -2.36. The Morgan fingerprint density at radius 3 is 1.95 bits per heavy atom. The molecule has 0 aliphatic heterocycles. The van der Waals surface area contributed by atoms with Crippen LogP contribution in [0.15, 0.2) is 109 Å². The van der Waals surface area contributed by atoms with Crippen molar-refractivity contribution >= 4 is 22.9 Å². The number of fused-ring (bicyclic) bond motifs is 6. The van der Waals surface area contributed by atoms with Crippen LogP contribution >= 0.6 is 0 Å². The second-order valence-electron chi connectivity index (χ2n) is 11.7. The Balaban J connectivity index is 1.20. The van der Waals surface area contributed by atoms with E-state index in [1.165, 1.54) is 66.4 Å². The van der Waals surface area contributed by atoms with E-state index < -0.39 is 0 Å². The van der Waals surface area contributed by atoms with Crippen LogP contribution in [0.2, 0.25) is 0 Å². The van der Waals surface area contributed by atoms with Crippen LogP contribution in [0.1, 0.15) is 81.3 Å². The molecule has 0 aromatic heterocycles. The van der Waals surface area contributed by atoms with Crippen molar-refractivity contribution in [3.8, 4) is 0 Å². The average molecular weight is 487 g/mol. The molecular weight excluding hydrogens is 456 g/mol. The Morgan fingerprint density at radius 2 is 1.24 bits per heavy atom. The summed E-state index contributed by atoms with van der Waals surface area (Å²) in [5.74, 6) is 0.690. The lowest BCUT2D eigenvalue weighted by Crippen LogP contribution is -2.27. The molecular formula is C38H30. The SMILES string of the molecule is CC1(C)c2cc(C3C=Cc4ccccc43)ccc2Cc2c1ccc1cc(C3C=Cc4ccccc43)ccc21. The molecule has 3 aliphatic carbocycles. The first-order valence-electron chi connectivity index (χ1n) is 13.8. The van der Waals surface area contributed by atoms with E-state index in [0.717, 1.165) is 6.42 Å². The third kappa shape index (κ3) is 3.10. The lowest BCUT2D eigenvalue weighted by atomic mass is 9.67. The van der Waals surface area contributed by atoms with Crippen LogP contribution in [0.4, 0.5) is 0 Å². The minimum Gasteiger partial charge on any atom is -0.0720 e. The van der Waals surface area contributed by atoms with Crippen molar-refractivity contribution in [2.75, 3.05) is 0 Å². The molecule has 0 heteroatoms. The quantitative estimate of drug-likeness (QED) is 0.233. The maximum Gasteiger partial charge on any atom is 0.0278 e. The number of hydrogen-bond donors (Lipinski definition) is 0. The molecule has 38 heavy (non-hydrogen) atoms. The van der Waals surface area contributed by atoms with Gasteiger partial charge in [-0.05, 0) is 72.8 Å². The zero-order valence-electron chi connectivity index (χ0n) is 21.9. The molecule has 2 unspecified atom stereocenters. The summed E-state index contributed by atoms with van der Waals surface area (Å²) in [6, 6.07) is 36.7. The average Bonchev–Trinajstić information content (AvgIpc) is 3.57. The van der Waals surface area contributed by atoms with Crippen molar-refractivity contribution in [3.63, 3.8) is 0 Å². The molecule has 3 aliphatic rings. The van der Waals surface area contributed by atoms with E-state index in [-0.39, 0.29) is 5.41 Å². The summed E-state index contributed by atoms with van der Waals surface area (Å²) >= 11 is 0. The van der Waals surface area contributed by atoms with Gasteiger partial charge in [-0.3, -0.25) is 0 Å². The maximum absolute atomic E-state index is 2.49. The minimum absolute atomic E-state index is 0.0409. The van der Waals surface area contributed by atoms with Gasteiger partial charge in [-0.1, -0.05) is 135 Å². The smallest absolute Gasteiger partial charge is 0.0278 e. The first-order valence-corrected chi connectivity index (χ1v) is 13.8. The third-order valence-corrected chi connectivity index (χ3v) is 9.32. The van der Waals surface area contributed by atoms with Crippen LogP contribution < -0.4 is 0 Å². The summed E-state index contributed by atoms with van der Waals surface area (Å²) in [6.07, 6.45) is 10.2. The molecule has 0 N–H and O–H groups in total. The first kappa shape index (κ1) is 21.9. The molecule has 0 radical (unpaired) electrons. The predicted molar refractivity (Wildman–Crippen MR) is 160 cm³/mol. The summed E-state index contributed by atoms with van der Waals surface area (Å²) in [5, 5.41) is 2.75. The van der Waals surface area contributed by atoms with Gasteiger partial charge in [-0.25, -0.2) is 0 Å². The topological polar surface area (TPSA) is 0 Å². The first-order chi connectivity index (χ1) is 18.6. The van der Waals surface area contributed by atoms with E-state index in [2.05, 4.69) is 135 Å². The van der Waals surface area contributed by atoms with E-state index >= 15 is 0 Å². The van der Waals surface area contributed by atoms with Gasteiger partial charge in [0.1, 0.15) is 0 Å². The highest BCUT2D eigenvalue weighted by Gasteiger charge is 2.34. The molecule has 182 valence electrons. The van der Waals surface area contributed by atoms with Crippen molar-refractivity contribution in [1.29, 1.82) is 0 Å². The molecule has 0 amide bonds.